The number of hydrogen-bond acceptors (Lipinski definition) is 2. The van der Waals surface area contributed by atoms with Crippen LogP contribution in [0.3, 0.4) is 0 Å². The minimum absolute atomic E-state index is 0.159. The molecule has 0 saturated carbocycles. The Labute approximate surface area is 46.3 Å². The molecule has 0 amide bonds. The summed E-state index contributed by atoms with van der Waals surface area (Å²) in [5.74, 6) is -1.05. The van der Waals surface area contributed by atoms with Crippen molar-refractivity contribution in [3.63, 3.8) is 0 Å². The zero-order chi connectivity index (χ0) is 6.57. The fourth-order valence-electron chi connectivity index (χ4n) is 0.257. The van der Waals surface area contributed by atoms with E-state index in [1.165, 1.54) is 0 Å². The van der Waals surface area contributed by atoms with Gasteiger partial charge < -0.3 is 10.8 Å². The summed E-state index contributed by atoms with van der Waals surface area (Å²) in [5, 5.41) is 8.14. The molecule has 0 bridgehead atoms. The van der Waals surface area contributed by atoms with Crippen LogP contribution in [0, 0.1) is 5.92 Å². The molecule has 8 heavy (non-hydrogen) atoms. The van der Waals surface area contributed by atoms with E-state index >= 15 is 0 Å². The molecule has 0 saturated heterocycles. The average molecular weight is 125 g/mol. The van der Waals surface area contributed by atoms with Gasteiger partial charge in [-0.25, -0.2) is 8.78 Å². The van der Waals surface area contributed by atoms with E-state index in [1.807, 2.05) is 0 Å². The second kappa shape index (κ2) is 3.74. The number of rotatable bonds is 3. The standard InChI is InChI=1S/C4H9F2NO/c5-4(6)3(1-7)2-8/h3-4,8H,1-2,7H2. The first-order valence-electron chi connectivity index (χ1n) is 2.31. The maximum atomic E-state index is 11.5. The number of nitrogens with two attached hydrogens (primary N) is 1. The van der Waals surface area contributed by atoms with Crippen molar-refractivity contribution in [2.24, 2.45) is 11.7 Å². The van der Waals surface area contributed by atoms with Crippen molar-refractivity contribution < 1.29 is 13.9 Å². The number of aliphatic hydroxyl groups is 1. The topological polar surface area (TPSA) is 46.2 Å². The summed E-state index contributed by atoms with van der Waals surface area (Å²) in [5.41, 5.74) is 4.84. The molecule has 2 nitrogen and oxygen atoms in total. The maximum Gasteiger partial charge on any atom is 0.244 e. The minimum Gasteiger partial charge on any atom is -0.396 e. The van der Waals surface area contributed by atoms with E-state index in [0.29, 0.717) is 0 Å². The fourth-order valence-corrected chi connectivity index (χ4v) is 0.257. The second-order valence-electron chi connectivity index (χ2n) is 1.51. The van der Waals surface area contributed by atoms with Crippen LogP contribution in [0.2, 0.25) is 0 Å². The molecule has 1 unspecified atom stereocenters. The molecule has 0 radical (unpaired) electrons. The zero-order valence-electron chi connectivity index (χ0n) is 4.35. The molecule has 0 fully saturated rings. The number of alkyl halides is 2. The summed E-state index contributed by atoms with van der Waals surface area (Å²) in [7, 11) is 0. The van der Waals surface area contributed by atoms with Crippen LogP contribution < -0.4 is 5.73 Å². The van der Waals surface area contributed by atoms with E-state index in [-0.39, 0.29) is 6.54 Å². The van der Waals surface area contributed by atoms with Crippen LogP contribution in [0.1, 0.15) is 0 Å². The Morgan fingerprint density at radius 2 is 2.00 bits per heavy atom. The predicted octanol–water partition coefficient (Wildman–Crippen LogP) is -0.181. The van der Waals surface area contributed by atoms with E-state index in [4.69, 9.17) is 10.8 Å². The SMILES string of the molecule is NCC(CO)C(F)F. The van der Waals surface area contributed by atoms with Crippen LogP contribution in [0.15, 0.2) is 0 Å². The summed E-state index contributed by atoms with van der Waals surface area (Å²) in [6.45, 7) is -0.692. The van der Waals surface area contributed by atoms with Gasteiger partial charge in [-0.05, 0) is 0 Å². The van der Waals surface area contributed by atoms with Gasteiger partial charge in [0, 0.05) is 6.54 Å². The molecule has 0 aromatic rings. The monoisotopic (exact) mass is 125 g/mol. The van der Waals surface area contributed by atoms with E-state index in [0.717, 1.165) is 0 Å². The van der Waals surface area contributed by atoms with E-state index in [1.54, 1.807) is 0 Å². The lowest BCUT2D eigenvalue weighted by Crippen LogP contribution is -2.24. The molecule has 4 heteroatoms. The Bertz CT molecular complexity index is 56.0. The van der Waals surface area contributed by atoms with Crippen LogP contribution in [-0.2, 0) is 0 Å². The van der Waals surface area contributed by atoms with E-state index in [2.05, 4.69) is 0 Å². The van der Waals surface area contributed by atoms with Gasteiger partial charge in [0.25, 0.3) is 0 Å². The lowest BCUT2D eigenvalue weighted by Gasteiger charge is -2.07. The third kappa shape index (κ3) is 2.18. The zero-order valence-corrected chi connectivity index (χ0v) is 4.35. The second-order valence-corrected chi connectivity index (χ2v) is 1.51. The van der Waals surface area contributed by atoms with Crippen molar-refractivity contribution >= 4 is 0 Å². The molecule has 0 rings (SSSR count). The van der Waals surface area contributed by atoms with Crippen molar-refractivity contribution in [1.29, 1.82) is 0 Å². The quantitative estimate of drug-likeness (QED) is 0.549. The van der Waals surface area contributed by atoms with Gasteiger partial charge in [-0.3, -0.25) is 0 Å². The molecule has 0 spiro atoms. The summed E-state index contributed by atoms with van der Waals surface area (Å²) in [4.78, 5) is 0. The maximum absolute atomic E-state index is 11.5. The van der Waals surface area contributed by atoms with Crippen molar-refractivity contribution in [1.82, 2.24) is 0 Å². The van der Waals surface area contributed by atoms with Gasteiger partial charge in [-0.15, -0.1) is 0 Å². The highest BCUT2D eigenvalue weighted by Crippen LogP contribution is 2.05. The lowest BCUT2D eigenvalue weighted by atomic mass is 10.2. The van der Waals surface area contributed by atoms with Crippen LogP contribution >= 0.6 is 0 Å². The summed E-state index contributed by atoms with van der Waals surface area (Å²) < 4.78 is 22.9. The van der Waals surface area contributed by atoms with Gasteiger partial charge in [0.05, 0.1) is 12.5 Å². The first-order chi connectivity index (χ1) is 3.72. The molecule has 1 atom stereocenters. The van der Waals surface area contributed by atoms with Gasteiger partial charge in [0.15, 0.2) is 0 Å². The number of halogens is 2. The summed E-state index contributed by atoms with van der Waals surface area (Å²) in [6.07, 6.45) is -2.50. The summed E-state index contributed by atoms with van der Waals surface area (Å²) in [6, 6.07) is 0. The molecule has 0 aromatic carbocycles. The molecule has 0 aliphatic heterocycles. The van der Waals surface area contributed by atoms with E-state index < -0.39 is 19.0 Å². The van der Waals surface area contributed by atoms with Crippen molar-refractivity contribution in [2.45, 2.75) is 6.43 Å². The highest BCUT2D eigenvalue weighted by atomic mass is 19.3. The Hall–Kier alpha value is -0.220. The number of aliphatic hydroxyl groups excluding tert-OH is 1. The third-order valence-electron chi connectivity index (χ3n) is 0.894. The highest BCUT2D eigenvalue weighted by molar-refractivity contribution is 4.58. The normalized spacial score (nSPS) is 14.6. The summed E-state index contributed by atoms with van der Waals surface area (Å²) >= 11 is 0. The largest absolute Gasteiger partial charge is 0.396 e. The van der Waals surface area contributed by atoms with Gasteiger partial charge in [-0.2, -0.15) is 0 Å². The molecular weight excluding hydrogens is 116 g/mol. The molecule has 0 aliphatic carbocycles. The molecule has 50 valence electrons. The molecule has 0 aromatic heterocycles. The molecule has 3 N–H and O–H groups in total. The fraction of sp³-hybridized carbons (Fsp3) is 1.00. The third-order valence-corrected chi connectivity index (χ3v) is 0.894. The van der Waals surface area contributed by atoms with Crippen LogP contribution in [0.5, 0.6) is 0 Å². The Balaban J connectivity index is 3.35. The minimum atomic E-state index is -2.50. The Morgan fingerprint density at radius 3 is 2.00 bits per heavy atom. The predicted molar refractivity (Wildman–Crippen MR) is 25.6 cm³/mol. The van der Waals surface area contributed by atoms with Gasteiger partial charge in [0.1, 0.15) is 0 Å². The van der Waals surface area contributed by atoms with Gasteiger partial charge >= 0.3 is 0 Å². The van der Waals surface area contributed by atoms with Gasteiger partial charge in [0.2, 0.25) is 6.43 Å². The van der Waals surface area contributed by atoms with E-state index in [9.17, 15) is 8.78 Å². The van der Waals surface area contributed by atoms with Crippen LogP contribution in [0.4, 0.5) is 8.78 Å². The molecule has 0 heterocycles. The highest BCUT2D eigenvalue weighted by Gasteiger charge is 2.16. The lowest BCUT2D eigenvalue weighted by molar-refractivity contribution is 0.0463. The van der Waals surface area contributed by atoms with Crippen LogP contribution in [0.25, 0.3) is 0 Å². The average Bonchev–Trinajstić information content (AvgIpc) is 1.69. The Morgan fingerprint density at radius 1 is 1.50 bits per heavy atom. The smallest absolute Gasteiger partial charge is 0.244 e. The first kappa shape index (κ1) is 7.78. The first-order valence-corrected chi connectivity index (χ1v) is 2.31. The molecular formula is C4H9F2NO. The van der Waals surface area contributed by atoms with Gasteiger partial charge in [-0.1, -0.05) is 0 Å². The Kier molecular flexibility index (Phi) is 3.64. The van der Waals surface area contributed by atoms with Crippen molar-refractivity contribution in [3.05, 3.63) is 0 Å². The number of hydrogen-bond donors (Lipinski definition) is 2. The van der Waals surface area contributed by atoms with Crippen molar-refractivity contribution in [3.8, 4) is 0 Å². The van der Waals surface area contributed by atoms with Crippen LogP contribution in [-0.4, -0.2) is 24.7 Å². The van der Waals surface area contributed by atoms with Crippen molar-refractivity contribution in [2.75, 3.05) is 13.2 Å². The molecule has 0 aliphatic rings.